The first-order valence-electron chi connectivity index (χ1n) is 3.27. The maximum absolute atomic E-state index is 12.6. The van der Waals surface area contributed by atoms with Crippen molar-refractivity contribution < 1.29 is 14.6 Å². The van der Waals surface area contributed by atoms with E-state index in [0.717, 1.165) is 5.56 Å². The molecule has 4 heteroatoms. The minimum atomic E-state index is -0.384. The maximum Gasteiger partial charge on any atom is 0.146 e. The highest BCUT2D eigenvalue weighted by molar-refractivity contribution is 5.42. The molecular weight excluding hydrogens is 161 g/mol. The van der Waals surface area contributed by atoms with E-state index in [4.69, 9.17) is 10.5 Å². The van der Waals surface area contributed by atoms with Gasteiger partial charge in [-0.3, -0.25) is 0 Å². The summed E-state index contributed by atoms with van der Waals surface area (Å²) in [7, 11) is 1.58. The minimum Gasteiger partial charge on any atom is -0.412 e. The van der Waals surface area contributed by atoms with E-state index >= 15 is 0 Å². The largest absolute Gasteiger partial charge is 0.412 e. The van der Waals surface area contributed by atoms with Crippen molar-refractivity contribution in [2.75, 3.05) is 12.8 Å². The molecule has 68 valence electrons. The summed E-state index contributed by atoms with van der Waals surface area (Å²) in [4.78, 5) is 0. The molecule has 0 aliphatic carbocycles. The summed E-state index contributed by atoms with van der Waals surface area (Å²) in [5.41, 5.74) is 6.37. The molecule has 0 aliphatic rings. The van der Waals surface area contributed by atoms with E-state index in [0.29, 0.717) is 6.61 Å². The molecule has 0 saturated heterocycles. The highest BCUT2D eigenvalue weighted by Gasteiger charge is 1.97. The second-order valence-corrected chi connectivity index (χ2v) is 2.29. The van der Waals surface area contributed by atoms with Gasteiger partial charge in [0, 0.05) is 7.11 Å². The zero-order valence-electron chi connectivity index (χ0n) is 6.80. The van der Waals surface area contributed by atoms with E-state index in [9.17, 15) is 4.39 Å². The van der Waals surface area contributed by atoms with Crippen LogP contribution in [0.25, 0.3) is 0 Å². The number of ether oxygens (including phenoxy) is 1. The third-order valence-corrected chi connectivity index (χ3v) is 1.37. The van der Waals surface area contributed by atoms with Crippen LogP contribution in [0.15, 0.2) is 18.2 Å². The molecule has 4 N–H and O–H groups in total. The lowest BCUT2D eigenvalue weighted by Gasteiger charge is -2.00. The molecule has 1 aromatic rings. The van der Waals surface area contributed by atoms with Gasteiger partial charge in [-0.05, 0) is 17.7 Å². The summed E-state index contributed by atoms with van der Waals surface area (Å²) in [5, 5.41) is 0. The summed E-state index contributed by atoms with van der Waals surface area (Å²) >= 11 is 0. The minimum absolute atomic E-state index is 0. The van der Waals surface area contributed by atoms with Gasteiger partial charge < -0.3 is 15.9 Å². The van der Waals surface area contributed by atoms with Crippen LogP contribution < -0.4 is 5.73 Å². The lowest BCUT2D eigenvalue weighted by atomic mass is 10.2. The Hall–Kier alpha value is -1.13. The summed E-state index contributed by atoms with van der Waals surface area (Å²) in [5.74, 6) is -0.384. The predicted molar refractivity (Wildman–Crippen MR) is 45.1 cm³/mol. The van der Waals surface area contributed by atoms with E-state index in [-0.39, 0.29) is 17.0 Å². The zero-order valence-corrected chi connectivity index (χ0v) is 6.80. The van der Waals surface area contributed by atoms with Gasteiger partial charge in [0.2, 0.25) is 0 Å². The predicted octanol–water partition coefficient (Wildman–Crippen LogP) is 0.730. The van der Waals surface area contributed by atoms with E-state index in [1.807, 2.05) is 0 Å². The molecule has 0 fully saturated rings. The van der Waals surface area contributed by atoms with Gasteiger partial charge >= 0.3 is 0 Å². The fourth-order valence-corrected chi connectivity index (χ4v) is 0.850. The van der Waals surface area contributed by atoms with Crippen LogP contribution in [-0.4, -0.2) is 12.6 Å². The molecule has 0 unspecified atom stereocenters. The highest BCUT2D eigenvalue weighted by atomic mass is 19.1. The monoisotopic (exact) mass is 173 g/mol. The average Bonchev–Trinajstić information content (AvgIpc) is 1.98. The second-order valence-electron chi connectivity index (χ2n) is 2.29. The average molecular weight is 173 g/mol. The number of rotatable bonds is 2. The Bertz CT molecular complexity index is 253. The van der Waals surface area contributed by atoms with Gasteiger partial charge in [0.25, 0.3) is 0 Å². The lowest BCUT2D eigenvalue weighted by Crippen LogP contribution is -1.93. The van der Waals surface area contributed by atoms with Crippen LogP contribution in [0, 0.1) is 5.82 Å². The standard InChI is InChI=1S/C8H10FNO.H2O/c1-11-5-6-2-3-7(9)8(10)4-6;/h2-4H,5,10H2,1H3;1H2. The van der Waals surface area contributed by atoms with Crippen molar-refractivity contribution in [1.82, 2.24) is 0 Å². The summed E-state index contributed by atoms with van der Waals surface area (Å²) < 4.78 is 17.4. The summed E-state index contributed by atoms with van der Waals surface area (Å²) in [6.07, 6.45) is 0. The summed E-state index contributed by atoms with van der Waals surface area (Å²) in [6, 6.07) is 4.55. The Morgan fingerprint density at radius 3 is 2.67 bits per heavy atom. The molecule has 0 amide bonds. The molecule has 0 spiro atoms. The van der Waals surface area contributed by atoms with Crippen LogP contribution in [0.5, 0.6) is 0 Å². The van der Waals surface area contributed by atoms with Gasteiger partial charge in [0.05, 0.1) is 12.3 Å². The molecule has 0 bridgehead atoms. The molecule has 12 heavy (non-hydrogen) atoms. The van der Waals surface area contributed by atoms with Crippen LogP contribution in [0.1, 0.15) is 5.56 Å². The number of anilines is 1. The molecule has 3 nitrogen and oxygen atoms in total. The van der Waals surface area contributed by atoms with Crippen molar-refractivity contribution >= 4 is 5.69 Å². The van der Waals surface area contributed by atoms with Crippen molar-refractivity contribution in [1.29, 1.82) is 0 Å². The van der Waals surface area contributed by atoms with Crippen molar-refractivity contribution in [3.63, 3.8) is 0 Å². The quantitative estimate of drug-likeness (QED) is 0.670. The Morgan fingerprint density at radius 2 is 2.17 bits per heavy atom. The molecule has 0 aliphatic heterocycles. The van der Waals surface area contributed by atoms with Gasteiger partial charge in [-0.25, -0.2) is 4.39 Å². The molecule has 0 saturated carbocycles. The molecule has 0 aromatic heterocycles. The second kappa shape index (κ2) is 4.69. The Morgan fingerprint density at radius 1 is 1.50 bits per heavy atom. The van der Waals surface area contributed by atoms with Crippen molar-refractivity contribution in [2.24, 2.45) is 0 Å². The first-order valence-corrected chi connectivity index (χ1v) is 3.27. The van der Waals surface area contributed by atoms with Crippen LogP contribution in [0.3, 0.4) is 0 Å². The third kappa shape index (κ3) is 2.48. The van der Waals surface area contributed by atoms with Crippen molar-refractivity contribution in [3.8, 4) is 0 Å². The first-order chi connectivity index (χ1) is 5.24. The number of nitrogen functional groups attached to an aromatic ring is 1. The van der Waals surface area contributed by atoms with Gasteiger partial charge in [-0.2, -0.15) is 0 Å². The van der Waals surface area contributed by atoms with Crippen LogP contribution in [-0.2, 0) is 11.3 Å². The highest BCUT2D eigenvalue weighted by Crippen LogP contribution is 2.12. The first kappa shape index (κ1) is 10.9. The number of nitrogens with two attached hydrogens (primary N) is 1. The van der Waals surface area contributed by atoms with E-state index in [1.54, 1.807) is 19.2 Å². The maximum atomic E-state index is 12.6. The van der Waals surface area contributed by atoms with Gasteiger partial charge in [-0.1, -0.05) is 6.07 Å². The fraction of sp³-hybridized carbons (Fsp3) is 0.250. The van der Waals surface area contributed by atoms with E-state index < -0.39 is 0 Å². The molecule has 0 heterocycles. The normalized spacial score (nSPS) is 9.17. The van der Waals surface area contributed by atoms with Crippen molar-refractivity contribution in [3.05, 3.63) is 29.6 Å². The van der Waals surface area contributed by atoms with Crippen LogP contribution in [0.4, 0.5) is 10.1 Å². The Labute approximate surface area is 70.3 Å². The number of benzene rings is 1. The van der Waals surface area contributed by atoms with Gasteiger partial charge in [0.15, 0.2) is 0 Å². The van der Waals surface area contributed by atoms with Crippen molar-refractivity contribution in [2.45, 2.75) is 6.61 Å². The lowest BCUT2D eigenvalue weighted by molar-refractivity contribution is 0.185. The number of hydrogen-bond donors (Lipinski definition) is 1. The Kier molecular flexibility index (Phi) is 4.25. The molecule has 1 aromatic carbocycles. The smallest absolute Gasteiger partial charge is 0.146 e. The molecule has 0 atom stereocenters. The summed E-state index contributed by atoms with van der Waals surface area (Å²) in [6.45, 7) is 0.463. The Balaban J connectivity index is 0.00000121. The molecule has 0 radical (unpaired) electrons. The van der Waals surface area contributed by atoms with Gasteiger partial charge in [0.1, 0.15) is 5.82 Å². The number of methoxy groups -OCH3 is 1. The topological polar surface area (TPSA) is 66.8 Å². The fourth-order valence-electron chi connectivity index (χ4n) is 0.850. The number of halogens is 1. The van der Waals surface area contributed by atoms with E-state index in [1.165, 1.54) is 6.07 Å². The van der Waals surface area contributed by atoms with Crippen LogP contribution in [0.2, 0.25) is 0 Å². The van der Waals surface area contributed by atoms with Crippen LogP contribution >= 0.6 is 0 Å². The van der Waals surface area contributed by atoms with E-state index in [2.05, 4.69) is 0 Å². The SMILES string of the molecule is COCc1ccc(F)c(N)c1.O. The third-order valence-electron chi connectivity index (χ3n) is 1.37. The zero-order chi connectivity index (χ0) is 8.27. The molecule has 1 rings (SSSR count). The number of hydrogen-bond acceptors (Lipinski definition) is 2. The van der Waals surface area contributed by atoms with Gasteiger partial charge in [-0.15, -0.1) is 0 Å². The molecular formula is C8H12FNO2.